The first-order valence-electron chi connectivity index (χ1n) is 22.0. The van der Waals surface area contributed by atoms with E-state index in [1.165, 1.54) is 27.9 Å². The zero-order valence-corrected chi connectivity index (χ0v) is 38.7. The number of hydrogen-bond acceptors (Lipinski definition) is 19. The van der Waals surface area contributed by atoms with Crippen molar-refractivity contribution in [3.8, 4) is 0 Å². The largest absolute Gasteiger partial charge is 0.459 e. The van der Waals surface area contributed by atoms with E-state index in [4.69, 9.17) is 37.9 Å². The van der Waals surface area contributed by atoms with E-state index in [1.807, 2.05) is 11.8 Å². The number of methoxy groups -OCH3 is 1. The monoisotopic (exact) mass is 896 g/mol. The van der Waals surface area contributed by atoms with Crippen molar-refractivity contribution in [3.05, 3.63) is 0 Å². The molecule has 0 aromatic rings. The highest BCUT2D eigenvalue weighted by Gasteiger charge is 2.55. The molecule has 8 N–H and O–H groups in total. The highest BCUT2D eigenvalue weighted by atomic mass is 16.8. The fourth-order valence-electron chi connectivity index (χ4n) is 9.88. The number of ketones is 1. The number of nitrogens with zero attached hydrogens (tertiary/aromatic N) is 1. The van der Waals surface area contributed by atoms with Crippen LogP contribution in [0.25, 0.3) is 0 Å². The Hall–Kier alpha value is -1.50. The van der Waals surface area contributed by atoms with Crippen LogP contribution in [-0.4, -0.2) is 200 Å². The quantitative estimate of drug-likeness (QED) is 0.130. The third-order valence-corrected chi connectivity index (χ3v) is 13.9. The maximum Gasteiger partial charge on any atom is 0.311 e. The Morgan fingerprint density at radius 2 is 1.40 bits per heavy atom. The van der Waals surface area contributed by atoms with Gasteiger partial charge < -0.3 is 83.6 Å². The second-order valence-electron chi connectivity index (χ2n) is 19.3. The van der Waals surface area contributed by atoms with E-state index in [-0.39, 0.29) is 19.3 Å². The Morgan fingerprint density at radius 3 is 1.97 bits per heavy atom. The molecular weight excluding hydrogens is 818 g/mol. The molecule has 0 aromatic heterocycles. The molecule has 4 aliphatic rings. The summed E-state index contributed by atoms with van der Waals surface area (Å²) in [5.41, 5.74) is -5.15. The van der Waals surface area contributed by atoms with Crippen LogP contribution in [0.3, 0.4) is 0 Å². The number of Topliss-reactive ketones (excluding diaryl/α,β-unsaturated/α-hetero) is 1. The van der Waals surface area contributed by atoms with Crippen molar-refractivity contribution in [1.29, 1.82) is 0 Å². The molecular formula is C43H77NO18. The van der Waals surface area contributed by atoms with Crippen LogP contribution in [0.5, 0.6) is 0 Å². The summed E-state index contributed by atoms with van der Waals surface area (Å²) < 4.78 is 50.0. The lowest BCUT2D eigenvalue weighted by Gasteiger charge is -2.50. The zero-order chi connectivity index (χ0) is 47.0. The van der Waals surface area contributed by atoms with E-state index >= 15 is 0 Å². The van der Waals surface area contributed by atoms with E-state index in [1.54, 1.807) is 55.6 Å². The molecule has 19 heteroatoms. The Bertz CT molecular complexity index is 1470. The number of ether oxygens (including phenoxy) is 8. The number of hydrogen-bond donors (Lipinski definition) is 8. The summed E-state index contributed by atoms with van der Waals surface area (Å²) in [5, 5.41) is 89.1. The van der Waals surface area contributed by atoms with Crippen molar-refractivity contribution < 1.29 is 88.3 Å². The predicted molar refractivity (Wildman–Crippen MR) is 219 cm³/mol. The zero-order valence-electron chi connectivity index (χ0n) is 38.7. The van der Waals surface area contributed by atoms with Crippen LogP contribution in [0.2, 0.25) is 0 Å². The molecule has 0 amide bonds. The molecule has 4 saturated heterocycles. The van der Waals surface area contributed by atoms with Crippen molar-refractivity contribution in [2.75, 3.05) is 27.8 Å². The lowest BCUT2D eigenvalue weighted by atomic mass is 9.74. The van der Waals surface area contributed by atoms with E-state index in [2.05, 4.69) is 0 Å². The van der Waals surface area contributed by atoms with Gasteiger partial charge in [0.05, 0.1) is 54.2 Å². The van der Waals surface area contributed by atoms with E-state index < -0.39 is 157 Å². The van der Waals surface area contributed by atoms with Crippen LogP contribution in [-0.2, 0) is 47.5 Å². The van der Waals surface area contributed by atoms with Gasteiger partial charge in [-0.3, -0.25) is 9.59 Å². The maximum atomic E-state index is 14.4. The van der Waals surface area contributed by atoms with E-state index in [9.17, 15) is 50.4 Å². The average Bonchev–Trinajstić information content (AvgIpc) is 3.21. The molecule has 13 unspecified atom stereocenters. The predicted octanol–water partition coefficient (Wildman–Crippen LogP) is -0.390. The van der Waals surface area contributed by atoms with Crippen molar-refractivity contribution in [3.63, 3.8) is 0 Å². The molecule has 23 atom stereocenters. The second-order valence-corrected chi connectivity index (χ2v) is 19.3. The van der Waals surface area contributed by atoms with Crippen molar-refractivity contribution >= 4 is 11.8 Å². The Balaban J connectivity index is 1.88. The molecule has 19 nitrogen and oxygen atoms in total. The number of rotatable bonds is 10. The highest BCUT2D eigenvalue weighted by Crippen LogP contribution is 2.41. The van der Waals surface area contributed by atoms with E-state index in [0.29, 0.717) is 6.42 Å². The van der Waals surface area contributed by atoms with Gasteiger partial charge in [-0.2, -0.15) is 0 Å². The van der Waals surface area contributed by atoms with Crippen LogP contribution < -0.4 is 0 Å². The van der Waals surface area contributed by atoms with Crippen LogP contribution in [0.4, 0.5) is 0 Å². The van der Waals surface area contributed by atoms with Crippen LogP contribution >= 0.6 is 0 Å². The first-order valence-corrected chi connectivity index (χ1v) is 22.0. The Labute approximate surface area is 365 Å². The summed E-state index contributed by atoms with van der Waals surface area (Å²) in [5.74, 6) is -5.57. The van der Waals surface area contributed by atoms with Gasteiger partial charge in [-0.1, -0.05) is 27.7 Å². The summed E-state index contributed by atoms with van der Waals surface area (Å²) >= 11 is 0. The third kappa shape index (κ3) is 11.2. The van der Waals surface area contributed by atoms with Gasteiger partial charge in [0.25, 0.3) is 0 Å². The maximum absolute atomic E-state index is 14.4. The molecule has 0 saturated carbocycles. The third-order valence-electron chi connectivity index (χ3n) is 13.9. The summed E-state index contributed by atoms with van der Waals surface area (Å²) in [6, 6.07) is -0.507. The normalized spacial score (nSPS) is 50.5. The standard InChI is InChI=1S/C43H77NO18/c1-14-27-43(10,54)35(50)21(4)29(46)19(2)16-41(8,53)37(22(5)33(23(6)38(52)59-27)60-28-17-42(9,55-13)36(51)24(7)57-28)62-40-34(25(44(11)12)15-20(3)56-40)61-39-32(49)31(48)30(47)26(18-45)58-39/h19-28,30-37,39-40,45,47-51,53-54H,14-18H2,1-13H3/t19-,20?,21+,22+,23-,24?,25?,26?,27-,28?,30?,31?,32?,33+,34?,35-,36?,37-,39?,40?,41-,42?,43-/m1/s1. The van der Waals surface area contributed by atoms with Crippen LogP contribution in [0.15, 0.2) is 0 Å². The van der Waals surface area contributed by atoms with Gasteiger partial charge >= 0.3 is 5.97 Å². The summed E-state index contributed by atoms with van der Waals surface area (Å²) in [4.78, 5) is 30.3. The summed E-state index contributed by atoms with van der Waals surface area (Å²) in [7, 11) is 5.04. The smallest absolute Gasteiger partial charge is 0.311 e. The topological polar surface area (TPSA) is 273 Å². The van der Waals surface area contributed by atoms with Crippen molar-refractivity contribution in [2.45, 2.75) is 210 Å². The van der Waals surface area contributed by atoms with E-state index in [0.717, 1.165) is 0 Å². The number of likely N-dealkylation sites (N-methyl/N-ethyl adjacent to an activating group) is 1. The van der Waals surface area contributed by atoms with Gasteiger partial charge in [0.15, 0.2) is 18.9 Å². The van der Waals surface area contributed by atoms with Crippen LogP contribution in [0, 0.1) is 23.7 Å². The van der Waals surface area contributed by atoms with Gasteiger partial charge in [0, 0.05) is 37.3 Å². The molecule has 4 rings (SSSR count). The number of carbonyl (C=O) groups excluding carboxylic acids is 2. The van der Waals surface area contributed by atoms with Crippen LogP contribution in [0.1, 0.15) is 94.9 Å². The lowest BCUT2D eigenvalue weighted by molar-refractivity contribution is -0.362. The Morgan fingerprint density at radius 1 is 0.774 bits per heavy atom. The molecule has 0 aliphatic carbocycles. The van der Waals surface area contributed by atoms with Gasteiger partial charge in [0.2, 0.25) is 0 Å². The number of cyclic esters (lactones) is 1. The lowest BCUT2D eigenvalue weighted by Crippen LogP contribution is -2.64. The molecule has 4 heterocycles. The molecule has 362 valence electrons. The SMILES string of the molecule is CC[C@H]1OC(=O)[C@H](C)[C@@H](OC2CC(C)(OC)C(O)C(C)O2)[C@H](C)[C@@H](OC2OC(C)CC(N(C)C)C2OC2OC(CO)C(O)C(O)C2O)[C@](C)(O)C[C@@H](C)C(=O)[C@H](C)[C@@H](O)[C@]1(C)O. The minimum atomic E-state index is -2.06. The van der Waals surface area contributed by atoms with Gasteiger partial charge in [-0.15, -0.1) is 0 Å². The molecule has 4 fully saturated rings. The molecule has 0 bridgehead atoms. The molecule has 0 radical (unpaired) electrons. The van der Waals surface area contributed by atoms with Gasteiger partial charge in [-0.25, -0.2) is 0 Å². The molecule has 4 aliphatic heterocycles. The Kier molecular flexibility index (Phi) is 18.0. The number of carbonyl (C=O) groups is 2. The summed E-state index contributed by atoms with van der Waals surface area (Å²) in [6.07, 6.45) is -19.2. The average molecular weight is 896 g/mol. The van der Waals surface area contributed by atoms with Gasteiger partial charge in [-0.05, 0) is 74.9 Å². The summed E-state index contributed by atoms with van der Waals surface area (Å²) in [6.45, 7) is 15.2. The fraction of sp³-hybridized carbons (Fsp3) is 0.953. The fourth-order valence-corrected chi connectivity index (χ4v) is 9.88. The number of aliphatic hydroxyl groups is 8. The van der Waals surface area contributed by atoms with Crippen molar-refractivity contribution in [2.24, 2.45) is 23.7 Å². The second kappa shape index (κ2) is 21.0. The number of aliphatic hydroxyl groups excluding tert-OH is 6. The highest BCUT2D eigenvalue weighted by molar-refractivity contribution is 5.83. The first kappa shape index (κ1) is 53.1. The van der Waals surface area contributed by atoms with Crippen molar-refractivity contribution in [1.82, 2.24) is 4.90 Å². The molecule has 0 spiro atoms. The molecule has 0 aromatic carbocycles. The molecule has 62 heavy (non-hydrogen) atoms. The number of esters is 1. The first-order chi connectivity index (χ1) is 28.7. The van der Waals surface area contributed by atoms with Gasteiger partial charge in [0.1, 0.15) is 54.1 Å². The minimum Gasteiger partial charge on any atom is -0.459 e. The minimum absolute atomic E-state index is 0.0204.